The first-order chi connectivity index (χ1) is 4.86. The van der Waals surface area contributed by atoms with E-state index in [1.165, 1.54) is 17.5 Å². The summed E-state index contributed by atoms with van der Waals surface area (Å²) >= 11 is 4.64. The van der Waals surface area contributed by atoms with Gasteiger partial charge < -0.3 is 0 Å². The van der Waals surface area contributed by atoms with Crippen LogP contribution in [0.5, 0.6) is 0 Å². The predicted molar refractivity (Wildman–Crippen MR) is 49.1 cm³/mol. The maximum Gasteiger partial charge on any atom is 0.0283 e. The predicted octanol–water partition coefficient (Wildman–Crippen LogP) is 2.55. The molecule has 54 valence electrons. The second-order valence-corrected chi connectivity index (χ2v) is 3.16. The Labute approximate surface area is 73.3 Å². The molecule has 1 aromatic carbocycles. The topological polar surface area (TPSA) is 26.0 Å². The lowest BCUT2D eigenvalue weighted by atomic mass is 10.2. The van der Waals surface area contributed by atoms with Gasteiger partial charge in [-0.05, 0) is 29.6 Å². The van der Waals surface area contributed by atoms with E-state index in [0.717, 1.165) is 10.2 Å². The van der Waals surface area contributed by atoms with Gasteiger partial charge in [-0.3, -0.25) is 5.14 Å². The molecule has 1 aromatic rings. The fourth-order valence-corrected chi connectivity index (χ4v) is 1.32. The highest BCUT2D eigenvalue weighted by molar-refractivity contribution is 9.08. The lowest BCUT2D eigenvalue weighted by Gasteiger charge is -1.96. The van der Waals surface area contributed by atoms with Crippen molar-refractivity contribution < 1.29 is 0 Å². The van der Waals surface area contributed by atoms with Gasteiger partial charge >= 0.3 is 0 Å². The zero-order valence-electron chi connectivity index (χ0n) is 5.38. The average molecular weight is 218 g/mol. The lowest BCUT2D eigenvalue weighted by Crippen LogP contribution is -1.80. The molecule has 0 aliphatic carbocycles. The Morgan fingerprint density at radius 2 is 1.90 bits per heavy atom. The summed E-state index contributed by atoms with van der Waals surface area (Å²) in [5, 5.41) is 6.25. The first-order valence-electron chi connectivity index (χ1n) is 2.88. The molecule has 0 aliphatic rings. The molecule has 2 N–H and O–H groups in total. The number of benzene rings is 1. The second kappa shape index (κ2) is 4.01. The van der Waals surface area contributed by atoms with E-state index in [1.807, 2.05) is 12.1 Å². The minimum atomic E-state index is 0.905. The van der Waals surface area contributed by atoms with Crippen LogP contribution in [0.3, 0.4) is 0 Å². The van der Waals surface area contributed by atoms with Gasteiger partial charge in [-0.2, -0.15) is 0 Å². The van der Waals surface area contributed by atoms with Gasteiger partial charge in [-0.15, -0.1) is 0 Å². The molecule has 0 aliphatic heterocycles. The Balaban J connectivity index is 2.80. The molecule has 0 unspecified atom stereocenters. The highest BCUT2D eigenvalue weighted by atomic mass is 79.9. The van der Waals surface area contributed by atoms with Crippen molar-refractivity contribution in [2.45, 2.75) is 10.2 Å². The summed E-state index contributed by atoms with van der Waals surface area (Å²) in [6, 6.07) is 8.15. The number of hydrogen-bond donors (Lipinski definition) is 1. The standard InChI is InChI=1S/C7H8BrNS/c8-5-6-1-3-7(10-9)4-2-6/h1-4H,5,9H2. The van der Waals surface area contributed by atoms with Gasteiger partial charge in [0, 0.05) is 10.2 Å². The number of rotatable bonds is 2. The van der Waals surface area contributed by atoms with E-state index in [2.05, 4.69) is 28.1 Å². The molecular weight excluding hydrogens is 210 g/mol. The monoisotopic (exact) mass is 217 g/mol. The van der Waals surface area contributed by atoms with Crippen LogP contribution in [0.1, 0.15) is 5.56 Å². The number of alkyl halides is 1. The summed E-state index contributed by atoms with van der Waals surface area (Å²) in [4.78, 5) is 1.10. The molecule has 0 saturated heterocycles. The van der Waals surface area contributed by atoms with Gasteiger partial charge in [0.2, 0.25) is 0 Å². The van der Waals surface area contributed by atoms with Gasteiger partial charge in [-0.25, -0.2) is 0 Å². The molecule has 0 aromatic heterocycles. The summed E-state index contributed by atoms with van der Waals surface area (Å²) in [6.45, 7) is 0. The highest BCUT2D eigenvalue weighted by Gasteiger charge is 1.89. The fourth-order valence-electron chi connectivity index (χ4n) is 0.657. The molecule has 0 fully saturated rings. The van der Waals surface area contributed by atoms with E-state index >= 15 is 0 Å². The van der Waals surface area contributed by atoms with Gasteiger partial charge in [0.1, 0.15) is 0 Å². The van der Waals surface area contributed by atoms with E-state index < -0.39 is 0 Å². The molecule has 0 atom stereocenters. The van der Waals surface area contributed by atoms with Crippen LogP contribution >= 0.6 is 27.9 Å². The molecule has 0 bridgehead atoms. The third-order valence-corrected chi connectivity index (χ3v) is 2.41. The molecule has 1 nitrogen and oxygen atoms in total. The van der Waals surface area contributed by atoms with Gasteiger partial charge in [0.05, 0.1) is 0 Å². The third-order valence-electron chi connectivity index (χ3n) is 1.21. The molecule has 0 saturated carbocycles. The molecule has 0 spiro atoms. The number of halogens is 1. The van der Waals surface area contributed by atoms with Crippen molar-refractivity contribution in [2.24, 2.45) is 5.14 Å². The van der Waals surface area contributed by atoms with Gasteiger partial charge in [0.15, 0.2) is 0 Å². The summed E-state index contributed by atoms with van der Waals surface area (Å²) in [7, 11) is 0. The van der Waals surface area contributed by atoms with Crippen LogP contribution in [0.15, 0.2) is 29.2 Å². The molecule has 3 heteroatoms. The fraction of sp³-hybridized carbons (Fsp3) is 0.143. The summed E-state index contributed by atoms with van der Waals surface area (Å²) in [5.41, 5.74) is 1.28. The van der Waals surface area contributed by atoms with Crippen LogP contribution < -0.4 is 5.14 Å². The number of hydrogen-bond acceptors (Lipinski definition) is 2. The molecule has 0 radical (unpaired) electrons. The minimum absolute atomic E-state index is 0.905. The zero-order chi connectivity index (χ0) is 7.40. The van der Waals surface area contributed by atoms with E-state index in [9.17, 15) is 0 Å². The van der Waals surface area contributed by atoms with Crippen LogP contribution in [-0.2, 0) is 5.33 Å². The SMILES string of the molecule is NSc1ccc(CBr)cc1. The molecule has 1 rings (SSSR count). The van der Waals surface area contributed by atoms with Crippen molar-refractivity contribution in [2.75, 3.05) is 0 Å². The Bertz CT molecular complexity index is 174. The summed E-state index contributed by atoms with van der Waals surface area (Å²) in [5.74, 6) is 0. The molecule has 0 heterocycles. The van der Waals surface area contributed by atoms with Crippen LogP contribution in [0, 0.1) is 0 Å². The molecule has 0 amide bonds. The molecule has 10 heavy (non-hydrogen) atoms. The first-order valence-corrected chi connectivity index (χ1v) is 4.88. The van der Waals surface area contributed by atoms with Crippen LogP contribution in [0.25, 0.3) is 0 Å². The van der Waals surface area contributed by atoms with Crippen molar-refractivity contribution in [3.63, 3.8) is 0 Å². The normalized spacial score (nSPS) is 9.80. The summed E-state index contributed by atoms with van der Waals surface area (Å²) in [6.07, 6.45) is 0. The maximum atomic E-state index is 5.35. The quantitative estimate of drug-likeness (QED) is 0.609. The Morgan fingerprint density at radius 3 is 2.30 bits per heavy atom. The first kappa shape index (κ1) is 8.11. The Kier molecular flexibility index (Phi) is 3.25. The van der Waals surface area contributed by atoms with Crippen molar-refractivity contribution in [1.29, 1.82) is 0 Å². The van der Waals surface area contributed by atoms with E-state index in [-0.39, 0.29) is 0 Å². The van der Waals surface area contributed by atoms with Crippen molar-refractivity contribution in [1.82, 2.24) is 0 Å². The van der Waals surface area contributed by atoms with E-state index in [1.54, 1.807) is 0 Å². The lowest BCUT2D eigenvalue weighted by molar-refractivity contribution is 1.36. The second-order valence-electron chi connectivity index (χ2n) is 1.90. The van der Waals surface area contributed by atoms with Crippen molar-refractivity contribution in [3.05, 3.63) is 29.8 Å². The van der Waals surface area contributed by atoms with Crippen LogP contribution in [0.4, 0.5) is 0 Å². The van der Waals surface area contributed by atoms with E-state index in [0.29, 0.717) is 0 Å². The molecular formula is C7H8BrNS. The van der Waals surface area contributed by atoms with E-state index in [4.69, 9.17) is 5.14 Å². The maximum absolute atomic E-state index is 5.35. The summed E-state index contributed by atoms with van der Waals surface area (Å²) < 4.78 is 0. The third kappa shape index (κ3) is 2.01. The van der Waals surface area contributed by atoms with Gasteiger partial charge in [0.25, 0.3) is 0 Å². The average Bonchev–Trinajstić information content (AvgIpc) is 2.05. The highest BCUT2D eigenvalue weighted by Crippen LogP contribution is 2.13. The Hall–Kier alpha value is 0.01000. The van der Waals surface area contributed by atoms with Crippen LogP contribution in [-0.4, -0.2) is 0 Å². The van der Waals surface area contributed by atoms with Gasteiger partial charge in [-0.1, -0.05) is 28.1 Å². The largest absolute Gasteiger partial charge is 0.274 e. The Morgan fingerprint density at radius 1 is 1.30 bits per heavy atom. The zero-order valence-corrected chi connectivity index (χ0v) is 7.78. The minimum Gasteiger partial charge on any atom is -0.274 e. The number of nitrogens with two attached hydrogens (primary N) is 1. The van der Waals surface area contributed by atoms with Crippen molar-refractivity contribution in [3.8, 4) is 0 Å². The van der Waals surface area contributed by atoms with Crippen LogP contribution in [0.2, 0.25) is 0 Å². The smallest absolute Gasteiger partial charge is 0.0283 e. The van der Waals surface area contributed by atoms with Crippen molar-refractivity contribution >= 4 is 27.9 Å².